The average Bonchev–Trinajstić information content (AvgIpc) is 2.73. The van der Waals surface area contributed by atoms with Gasteiger partial charge in [0.2, 0.25) is 5.05 Å². The van der Waals surface area contributed by atoms with Crippen molar-refractivity contribution in [1.29, 1.82) is 0 Å². The highest BCUT2D eigenvalue weighted by Crippen LogP contribution is 2.28. The lowest BCUT2D eigenvalue weighted by Gasteiger charge is -2.18. The van der Waals surface area contributed by atoms with Crippen LogP contribution in [0.5, 0.6) is 0 Å². The number of esters is 1. The second-order valence-corrected chi connectivity index (χ2v) is 6.98. The van der Waals surface area contributed by atoms with E-state index in [0.29, 0.717) is 6.42 Å². The van der Waals surface area contributed by atoms with E-state index in [1.54, 1.807) is 0 Å². The lowest BCUT2D eigenvalue weighted by molar-refractivity contribution is -0.133. The van der Waals surface area contributed by atoms with Crippen LogP contribution in [0.4, 0.5) is 0 Å². The van der Waals surface area contributed by atoms with Crippen LogP contribution in [0, 0.1) is 0 Å². The lowest BCUT2D eigenvalue weighted by Crippen LogP contribution is -2.32. The molecule has 0 aliphatic carbocycles. The molecule has 0 radical (unpaired) electrons. The zero-order valence-corrected chi connectivity index (χ0v) is 14.9. The van der Waals surface area contributed by atoms with E-state index in [1.165, 1.54) is 64.2 Å². The number of cyclic esters (lactones) is 1. The second kappa shape index (κ2) is 11.1. The zero-order valence-electron chi connectivity index (χ0n) is 14.1. The fourth-order valence-corrected chi connectivity index (χ4v) is 3.26. The van der Waals surface area contributed by atoms with Crippen molar-refractivity contribution in [2.75, 3.05) is 0 Å². The van der Waals surface area contributed by atoms with Gasteiger partial charge in [-0.1, -0.05) is 84.0 Å². The van der Waals surface area contributed by atoms with Crippen molar-refractivity contribution in [2.24, 2.45) is 0 Å². The number of ether oxygens (including phenoxy) is 1. The first-order valence-electron chi connectivity index (χ1n) is 9.06. The van der Waals surface area contributed by atoms with Crippen molar-refractivity contribution in [1.82, 2.24) is 0 Å². The topological polar surface area (TPSA) is 46.5 Å². The molecule has 1 atom stereocenters. The molecule has 1 saturated heterocycles. The summed E-state index contributed by atoms with van der Waals surface area (Å²) in [5.41, 5.74) is -1.18. The number of unbranched alkanes of at least 4 members (excludes halogenated alkanes) is 11. The molecule has 0 bridgehead atoms. The summed E-state index contributed by atoms with van der Waals surface area (Å²) in [4.78, 5) is 11.1. The molecule has 1 unspecified atom stereocenters. The second-order valence-electron chi connectivity index (χ2n) is 6.61. The van der Waals surface area contributed by atoms with Crippen LogP contribution in [0.1, 0.15) is 96.8 Å². The van der Waals surface area contributed by atoms with E-state index in [9.17, 15) is 9.90 Å². The van der Waals surface area contributed by atoms with E-state index >= 15 is 0 Å². The summed E-state index contributed by atoms with van der Waals surface area (Å²) in [7, 11) is 0. The number of hydrogen-bond acceptors (Lipinski definition) is 4. The fraction of sp³-hybridized carbons (Fsp3) is 0.889. The number of thiocarbonyl (C=S) groups is 1. The predicted molar refractivity (Wildman–Crippen MR) is 94.0 cm³/mol. The van der Waals surface area contributed by atoms with Crippen LogP contribution in [0.2, 0.25) is 0 Å². The standard InChI is InChI=1S/C18H32O3S/c1-2-3-4-5-6-7-8-9-10-11-12-13-14-18(20)15-16(19)21-17(18)22/h20H,2-15H2,1H3. The number of carbonyl (C=O) groups is 1. The van der Waals surface area contributed by atoms with Crippen molar-refractivity contribution in [3.8, 4) is 0 Å². The van der Waals surface area contributed by atoms with Crippen LogP contribution in [-0.4, -0.2) is 21.7 Å². The number of carbonyl (C=O) groups excluding carboxylic acids is 1. The molecule has 22 heavy (non-hydrogen) atoms. The van der Waals surface area contributed by atoms with E-state index < -0.39 is 11.6 Å². The number of rotatable bonds is 13. The normalized spacial score (nSPS) is 21.4. The van der Waals surface area contributed by atoms with Crippen molar-refractivity contribution in [3.63, 3.8) is 0 Å². The van der Waals surface area contributed by atoms with Crippen LogP contribution < -0.4 is 0 Å². The highest BCUT2D eigenvalue weighted by Gasteiger charge is 2.43. The molecule has 0 aromatic heterocycles. The smallest absolute Gasteiger partial charge is 0.315 e. The maximum Gasteiger partial charge on any atom is 0.315 e. The minimum absolute atomic E-state index is 0.0316. The van der Waals surface area contributed by atoms with Gasteiger partial charge in [0.1, 0.15) is 5.60 Å². The third kappa shape index (κ3) is 7.68. The summed E-state index contributed by atoms with van der Waals surface area (Å²) in [6.45, 7) is 2.25. The van der Waals surface area contributed by atoms with Gasteiger partial charge in [-0.3, -0.25) is 4.79 Å². The molecule has 1 N–H and O–H groups in total. The van der Waals surface area contributed by atoms with Crippen molar-refractivity contribution >= 4 is 23.2 Å². The fourth-order valence-electron chi connectivity index (χ4n) is 2.99. The molecule has 128 valence electrons. The Balaban J connectivity index is 1.88. The SMILES string of the molecule is CCCCCCCCCCCCCCC1(O)CC(=O)OC1=S. The highest BCUT2D eigenvalue weighted by atomic mass is 32.1. The Kier molecular flexibility index (Phi) is 9.89. The summed E-state index contributed by atoms with van der Waals surface area (Å²) in [6.07, 6.45) is 16.0. The van der Waals surface area contributed by atoms with Crippen molar-refractivity contribution < 1.29 is 14.6 Å². The lowest BCUT2D eigenvalue weighted by atomic mass is 9.94. The third-order valence-electron chi connectivity index (χ3n) is 4.47. The highest BCUT2D eigenvalue weighted by molar-refractivity contribution is 7.80. The van der Waals surface area contributed by atoms with Crippen molar-refractivity contribution in [2.45, 2.75) is 102 Å². The van der Waals surface area contributed by atoms with Gasteiger partial charge in [-0.2, -0.15) is 0 Å². The van der Waals surface area contributed by atoms with Gasteiger partial charge in [0, 0.05) is 0 Å². The molecule has 0 aromatic carbocycles. The molecule has 0 aromatic rings. The van der Waals surface area contributed by atoms with Gasteiger partial charge in [-0.25, -0.2) is 0 Å². The van der Waals surface area contributed by atoms with Crippen molar-refractivity contribution in [3.05, 3.63) is 0 Å². The molecule has 4 heteroatoms. The quantitative estimate of drug-likeness (QED) is 0.291. The minimum atomic E-state index is -1.18. The molecule has 1 heterocycles. The van der Waals surface area contributed by atoms with Crippen LogP contribution >= 0.6 is 12.2 Å². The zero-order chi connectivity index (χ0) is 16.3. The molecule has 1 aliphatic rings. The Bertz CT molecular complexity index is 343. The van der Waals surface area contributed by atoms with E-state index in [-0.39, 0.29) is 11.5 Å². The van der Waals surface area contributed by atoms with E-state index in [2.05, 4.69) is 6.92 Å². The summed E-state index contributed by atoms with van der Waals surface area (Å²) >= 11 is 4.92. The van der Waals surface area contributed by atoms with Gasteiger partial charge < -0.3 is 9.84 Å². The molecular weight excluding hydrogens is 296 g/mol. The Morgan fingerprint density at radius 2 is 1.41 bits per heavy atom. The summed E-state index contributed by atoms with van der Waals surface area (Å²) in [5.74, 6) is -0.397. The van der Waals surface area contributed by atoms with E-state index in [0.717, 1.165) is 12.8 Å². The van der Waals surface area contributed by atoms with Gasteiger partial charge in [-0.05, 0) is 18.6 Å². The summed E-state index contributed by atoms with van der Waals surface area (Å²) in [5, 5.41) is 10.3. The van der Waals surface area contributed by atoms with Crippen LogP contribution in [0.3, 0.4) is 0 Å². The maximum atomic E-state index is 11.1. The Morgan fingerprint density at radius 1 is 0.955 bits per heavy atom. The molecule has 1 fully saturated rings. The predicted octanol–water partition coefficient (Wildman–Crippen LogP) is 5.08. The first-order chi connectivity index (χ1) is 10.6. The van der Waals surface area contributed by atoms with Gasteiger partial charge in [-0.15, -0.1) is 0 Å². The molecule has 1 rings (SSSR count). The van der Waals surface area contributed by atoms with Gasteiger partial charge >= 0.3 is 5.97 Å². The third-order valence-corrected chi connectivity index (χ3v) is 4.93. The van der Waals surface area contributed by atoms with Crippen LogP contribution in [-0.2, 0) is 9.53 Å². The first kappa shape index (κ1) is 19.6. The monoisotopic (exact) mass is 328 g/mol. The molecule has 3 nitrogen and oxygen atoms in total. The first-order valence-corrected chi connectivity index (χ1v) is 9.47. The minimum Gasteiger partial charge on any atom is -0.416 e. The Morgan fingerprint density at radius 3 is 1.82 bits per heavy atom. The maximum absolute atomic E-state index is 11.1. The molecule has 0 amide bonds. The van der Waals surface area contributed by atoms with Crippen LogP contribution in [0.25, 0.3) is 0 Å². The summed E-state index contributed by atoms with van der Waals surface area (Å²) < 4.78 is 4.78. The number of hydrogen-bond donors (Lipinski definition) is 1. The molecule has 0 spiro atoms. The van der Waals surface area contributed by atoms with Gasteiger partial charge in [0.25, 0.3) is 0 Å². The van der Waals surface area contributed by atoms with Crippen LogP contribution in [0.15, 0.2) is 0 Å². The summed E-state index contributed by atoms with van der Waals surface area (Å²) in [6, 6.07) is 0. The Hall–Kier alpha value is -0.480. The Labute approximate surface area is 140 Å². The van der Waals surface area contributed by atoms with E-state index in [1.807, 2.05) is 0 Å². The average molecular weight is 329 g/mol. The molecular formula is C18H32O3S. The van der Waals surface area contributed by atoms with E-state index in [4.69, 9.17) is 17.0 Å². The van der Waals surface area contributed by atoms with Gasteiger partial charge in [0.05, 0.1) is 6.42 Å². The number of aliphatic hydroxyl groups is 1. The van der Waals surface area contributed by atoms with Gasteiger partial charge in [0.15, 0.2) is 0 Å². The molecule has 0 saturated carbocycles. The molecule has 1 aliphatic heterocycles. The largest absolute Gasteiger partial charge is 0.416 e.